The number of unbranched alkanes of at least 4 members (excludes halogenated alkanes) is 2. The summed E-state index contributed by atoms with van der Waals surface area (Å²) in [6, 6.07) is 7.38. The van der Waals surface area contributed by atoms with E-state index in [1.54, 1.807) is 6.33 Å². The zero-order valence-corrected chi connectivity index (χ0v) is 15.9. The quantitative estimate of drug-likeness (QED) is 0.511. The van der Waals surface area contributed by atoms with Crippen molar-refractivity contribution in [2.45, 2.75) is 57.0 Å². The molecule has 0 unspecified atom stereocenters. The van der Waals surface area contributed by atoms with Gasteiger partial charge >= 0.3 is 0 Å². The van der Waals surface area contributed by atoms with Crippen molar-refractivity contribution in [1.29, 1.82) is 0 Å². The number of hydrogen-bond acceptors (Lipinski definition) is 5. The third-order valence-corrected chi connectivity index (χ3v) is 4.76. The highest BCUT2D eigenvalue weighted by molar-refractivity contribution is 8.00. The van der Waals surface area contributed by atoms with Crippen molar-refractivity contribution in [3.63, 3.8) is 0 Å². The van der Waals surface area contributed by atoms with E-state index >= 15 is 0 Å². The Balaban J connectivity index is 1.88. The Morgan fingerprint density at radius 3 is 2.72 bits per heavy atom. The Bertz CT molecular complexity index is 657. The number of nitrogens with one attached hydrogen (secondary N) is 1. The number of anilines is 1. The van der Waals surface area contributed by atoms with Gasteiger partial charge < -0.3 is 14.6 Å². The van der Waals surface area contributed by atoms with Crippen molar-refractivity contribution in [3.05, 3.63) is 30.6 Å². The van der Waals surface area contributed by atoms with Crippen molar-refractivity contribution in [1.82, 2.24) is 14.8 Å². The SMILES string of the molecule is CCCCCn1cnnc1S[C@@H](C)C(=O)Nc1ccc(OCC)cc1. The molecule has 0 spiro atoms. The number of hydrogen-bond donors (Lipinski definition) is 1. The molecule has 1 atom stereocenters. The molecular weight excluding hydrogens is 336 g/mol. The molecule has 1 N–H and O–H groups in total. The first kappa shape index (κ1) is 19.3. The summed E-state index contributed by atoms with van der Waals surface area (Å²) in [6.45, 7) is 7.50. The smallest absolute Gasteiger partial charge is 0.237 e. The molecule has 136 valence electrons. The largest absolute Gasteiger partial charge is 0.494 e. The van der Waals surface area contributed by atoms with Gasteiger partial charge in [0.25, 0.3) is 0 Å². The summed E-state index contributed by atoms with van der Waals surface area (Å²) in [5.74, 6) is 0.736. The monoisotopic (exact) mass is 362 g/mol. The number of amides is 1. The summed E-state index contributed by atoms with van der Waals surface area (Å²) < 4.78 is 7.42. The Hall–Kier alpha value is -2.02. The fraction of sp³-hybridized carbons (Fsp3) is 0.500. The summed E-state index contributed by atoms with van der Waals surface area (Å²) in [4.78, 5) is 12.4. The van der Waals surface area contributed by atoms with Gasteiger partial charge in [0.05, 0.1) is 11.9 Å². The van der Waals surface area contributed by atoms with Gasteiger partial charge in [-0.15, -0.1) is 10.2 Å². The Kier molecular flexibility index (Phi) is 7.78. The lowest BCUT2D eigenvalue weighted by Gasteiger charge is -2.13. The topological polar surface area (TPSA) is 69.0 Å². The number of nitrogens with zero attached hydrogens (tertiary/aromatic N) is 3. The summed E-state index contributed by atoms with van der Waals surface area (Å²) >= 11 is 1.43. The van der Waals surface area contributed by atoms with Crippen LogP contribution in [0, 0.1) is 0 Å². The molecule has 25 heavy (non-hydrogen) atoms. The first-order valence-electron chi connectivity index (χ1n) is 8.72. The molecule has 0 aliphatic rings. The number of ether oxygens (including phenoxy) is 1. The number of carbonyl (C=O) groups is 1. The molecule has 1 heterocycles. The zero-order chi connectivity index (χ0) is 18.1. The summed E-state index contributed by atoms with van der Waals surface area (Å²) in [5, 5.41) is 11.5. The van der Waals surface area contributed by atoms with Gasteiger partial charge in [-0.1, -0.05) is 31.5 Å². The van der Waals surface area contributed by atoms with Crippen LogP contribution in [0.2, 0.25) is 0 Å². The van der Waals surface area contributed by atoms with Crippen LogP contribution in [0.5, 0.6) is 5.75 Å². The van der Waals surface area contributed by atoms with Crippen molar-refractivity contribution in [3.8, 4) is 5.75 Å². The van der Waals surface area contributed by atoms with E-state index in [1.807, 2.05) is 42.7 Å². The van der Waals surface area contributed by atoms with Gasteiger partial charge in [0.15, 0.2) is 5.16 Å². The highest BCUT2D eigenvalue weighted by atomic mass is 32.2. The van der Waals surface area contributed by atoms with Crippen LogP contribution in [0.25, 0.3) is 0 Å². The van der Waals surface area contributed by atoms with Crippen molar-refractivity contribution in [2.75, 3.05) is 11.9 Å². The van der Waals surface area contributed by atoms with Crippen molar-refractivity contribution < 1.29 is 9.53 Å². The second kappa shape index (κ2) is 10.1. The van der Waals surface area contributed by atoms with Gasteiger partial charge in [-0.3, -0.25) is 4.79 Å². The van der Waals surface area contributed by atoms with E-state index in [9.17, 15) is 4.79 Å². The van der Waals surface area contributed by atoms with Gasteiger partial charge in [-0.2, -0.15) is 0 Å². The number of rotatable bonds is 10. The van der Waals surface area contributed by atoms with E-state index < -0.39 is 0 Å². The first-order chi connectivity index (χ1) is 12.1. The van der Waals surface area contributed by atoms with Gasteiger partial charge in [0.2, 0.25) is 5.91 Å². The van der Waals surface area contributed by atoms with Crippen LogP contribution in [0.4, 0.5) is 5.69 Å². The standard InChI is InChI=1S/C18H26N4O2S/c1-4-6-7-12-22-13-19-21-18(22)25-14(3)17(23)20-15-8-10-16(11-9-15)24-5-2/h8-11,13-14H,4-7,12H2,1-3H3,(H,20,23)/t14-/m0/s1. The van der Waals surface area contributed by atoms with E-state index in [0.29, 0.717) is 6.61 Å². The molecule has 0 saturated carbocycles. The van der Waals surface area contributed by atoms with Crippen molar-refractivity contribution >= 4 is 23.4 Å². The normalized spacial score (nSPS) is 12.0. The fourth-order valence-electron chi connectivity index (χ4n) is 2.28. The van der Waals surface area contributed by atoms with Crippen molar-refractivity contribution in [2.24, 2.45) is 0 Å². The van der Waals surface area contributed by atoms with Crippen LogP contribution < -0.4 is 10.1 Å². The average molecular weight is 362 g/mol. The van der Waals surface area contributed by atoms with E-state index in [4.69, 9.17) is 4.74 Å². The molecule has 2 rings (SSSR count). The molecular formula is C18H26N4O2S. The maximum absolute atomic E-state index is 12.4. The van der Waals surface area contributed by atoms with Crippen LogP contribution in [-0.4, -0.2) is 32.5 Å². The molecule has 0 aliphatic heterocycles. The minimum atomic E-state index is -0.263. The molecule has 2 aromatic rings. The van der Waals surface area contributed by atoms with E-state index in [2.05, 4.69) is 22.4 Å². The van der Waals surface area contributed by atoms with Crippen LogP contribution in [0.15, 0.2) is 35.7 Å². The van der Waals surface area contributed by atoms with Crippen LogP contribution in [0.1, 0.15) is 40.0 Å². The van der Waals surface area contributed by atoms with Gasteiger partial charge in [0, 0.05) is 12.2 Å². The molecule has 0 fully saturated rings. The summed E-state index contributed by atoms with van der Waals surface area (Å²) in [6.07, 6.45) is 5.17. The highest BCUT2D eigenvalue weighted by Crippen LogP contribution is 2.23. The third-order valence-electron chi connectivity index (χ3n) is 3.67. The molecule has 0 saturated heterocycles. The molecule has 6 nitrogen and oxygen atoms in total. The lowest BCUT2D eigenvalue weighted by molar-refractivity contribution is -0.115. The number of carbonyl (C=O) groups excluding carboxylic acids is 1. The predicted octanol–water partition coefficient (Wildman–Crippen LogP) is 3.99. The van der Waals surface area contributed by atoms with Crippen LogP contribution in [0.3, 0.4) is 0 Å². The second-order valence-electron chi connectivity index (χ2n) is 5.72. The van der Waals surface area contributed by atoms with Crippen LogP contribution in [-0.2, 0) is 11.3 Å². The lowest BCUT2D eigenvalue weighted by atomic mass is 10.2. The molecule has 1 amide bonds. The lowest BCUT2D eigenvalue weighted by Crippen LogP contribution is -2.22. The molecule has 0 bridgehead atoms. The highest BCUT2D eigenvalue weighted by Gasteiger charge is 2.18. The third kappa shape index (κ3) is 6.08. The second-order valence-corrected chi connectivity index (χ2v) is 7.03. The maximum atomic E-state index is 12.4. The Morgan fingerprint density at radius 2 is 2.04 bits per heavy atom. The minimum Gasteiger partial charge on any atom is -0.494 e. The Labute approximate surface area is 153 Å². The van der Waals surface area contributed by atoms with E-state index in [-0.39, 0.29) is 11.2 Å². The summed E-state index contributed by atoms with van der Waals surface area (Å²) in [7, 11) is 0. The van der Waals surface area contributed by atoms with Gasteiger partial charge in [-0.25, -0.2) is 0 Å². The molecule has 7 heteroatoms. The van der Waals surface area contributed by atoms with Gasteiger partial charge in [0.1, 0.15) is 12.1 Å². The Morgan fingerprint density at radius 1 is 1.28 bits per heavy atom. The number of benzene rings is 1. The average Bonchev–Trinajstić information content (AvgIpc) is 3.04. The number of thioether (sulfide) groups is 1. The predicted molar refractivity (Wildman–Crippen MR) is 101 cm³/mol. The van der Waals surface area contributed by atoms with E-state index in [1.165, 1.54) is 24.6 Å². The number of aromatic nitrogens is 3. The fourth-order valence-corrected chi connectivity index (χ4v) is 3.13. The van der Waals surface area contributed by atoms with E-state index in [0.717, 1.165) is 29.6 Å². The number of aryl methyl sites for hydroxylation is 1. The van der Waals surface area contributed by atoms with Crippen LogP contribution >= 0.6 is 11.8 Å². The molecule has 0 radical (unpaired) electrons. The maximum Gasteiger partial charge on any atom is 0.237 e. The summed E-state index contributed by atoms with van der Waals surface area (Å²) in [5.41, 5.74) is 0.755. The molecule has 1 aromatic carbocycles. The zero-order valence-electron chi connectivity index (χ0n) is 15.1. The molecule has 1 aromatic heterocycles. The molecule has 0 aliphatic carbocycles. The minimum absolute atomic E-state index is 0.0581. The van der Waals surface area contributed by atoms with Gasteiger partial charge in [-0.05, 0) is 44.5 Å². The first-order valence-corrected chi connectivity index (χ1v) is 9.60.